The minimum Gasteiger partial charge on any atom is -0.399 e. The van der Waals surface area contributed by atoms with Gasteiger partial charge >= 0.3 is 0 Å². The number of thiazole rings is 1. The number of rotatable bonds is 4. The maximum Gasteiger partial charge on any atom is 0.251 e. The lowest BCUT2D eigenvalue weighted by molar-refractivity contribution is 0.0950. The third-order valence-corrected chi connectivity index (χ3v) is 3.99. The molecule has 2 aromatic rings. The van der Waals surface area contributed by atoms with E-state index in [1.807, 2.05) is 13.1 Å². The van der Waals surface area contributed by atoms with Crippen molar-refractivity contribution in [2.24, 2.45) is 0 Å². The van der Waals surface area contributed by atoms with Gasteiger partial charge in [0.1, 0.15) is 5.01 Å². The first-order valence-corrected chi connectivity index (χ1v) is 6.99. The normalized spacial score (nSPS) is 10.4. The van der Waals surface area contributed by atoms with Gasteiger partial charge in [-0.1, -0.05) is 6.92 Å². The average Bonchev–Trinajstić information content (AvgIpc) is 2.84. The maximum atomic E-state index is 12.1. The second-order valence-electron chi connectivity index (χ2n) is 4.33. The summed E-state index contributed by atoms with van der Waals surface area (Å²) in [6.45, 7) is 4.44. The van der Waals surface area contributed by atoms with Crippen molar-refractivity contribution in [2.45, 2.75) is 26.8 Å². The highest BCUT2D eigenvalue weighted by Gasteiger charge is 2.09. The number of hydrogen-bond acceptors (Lipinski definition) is 4. The van der Waals surface area contributed by atoms with Crippen molar-refractivity contribution in [3.05, 3.63) is 45.4 Å². The fourth-order valence-electron chi connectivity index (χ4n) is 1.79. The lowest BCUT2D eigenvalue weighted by Gasteiger charge is -2.07. The van der Waals surface area contributed by atoms with E-state index in [9.17, 15) is 4.79 Å². The van der Waals surface area contributed by atoms with Crippen LogP contribution < -0.4 is 11.1 Å². The monoisotopic (exact) mass is 275 g/mol. The summed E-state index contributed by atoms with van der Waals surface area (Å²) >= 11 is 1.63. The standard InChI is InChI=1S/C14H17N3OS/c1-3-11-7-16-13(19-11)8-17-14(18)12-5-4-10(15)6-9(12)2/h4-7H,3,8,15H2,1-2H3,(H,17,18). The molecule has 100 valence electrons. The van der Waals surface area contributed by atoms with E-state index in [2.05, 4.69) is 17.2 Å². The average molecular weight is 275 g/mol. The highest BCUT2D eigenvalue weighted by molar-refractivity contribution is 7.11. The van der Waals surface area contributed by atoms with Crippen molar-refractivity contribution < 1.29 is 4.79 Å². The molecule has 0 atom stereocenters. The largest absolute Gasteiger partial charge is 0.399 e. The van der Waals surface area contributed by atoms with Gasteiger partial charge in [-0.3, -0.25) is 4.79 Å². The summed E-state index contributed by atoms with van der Waals surface area (Å²) in [6, 6.07) is 5.29. The van der Waals surface area contributed by atoms with E-state index in [0.717, 1.165) is 17.0 Å². The fourth-order valence-corrected chi connectivity index (χ4v) is 2.59. The molecule has 1 heterocycles. The van der Waals surface area contributed by atoms with Gasteiger partial charge in [0.15, 0.2) is 0 Å². The van der Waals surface area contributed by atoms with Gasteiger partial charge in [-0.15, -0.1) is 11.3 Å². The number of anilines is 1. The molecule has 19 heavy (non-hydrogen) atoms. The summed E-state index contributed by atoms with van der Waals surface area (Å²) in [5, 5.41) is 3.81. The first-order chi connectivity index (χ1) is 9.10. The molecule has 0 unspecified atom stereocenters. The Bertz CT molecular complexity index is 592. The van der Waals surface area contributed by atoms with Gasteiger partial charge in [0.05, 0.1) is 6.54 Å². The zero-order chi connectivity index (χ0) is 13.8. The summed E-state index contributed by atoms with van der Waals surface area (Å²) in [6.07, 6.45) is 2.84. The molecule has 4 nitrogen and oxygen atoms in total. The van der Waals surface area contributed by atoms with Crippen LogP contribution >= 0.6 is 11.3 Å². The molecular formula is C14H17N3OS. The van der Waals surface area contributed by atoms with E-state index < -0.39 is 0 Å². The van der Waals surface area contributed by atoms with Crippen molar-refractivity contribution >= 4 is 22.9 Å². The van der Waals surface area contributed by atoms with E-state index in [0.29, 0.717) is 17.8 Å². The number of nitrogens with one attached hydrogen (secondary N) is 1. The summed E-state index contributed by atoms with van der Waals surface area (Å²) in [5.41, 5.74) is 7.87. The van der Waals surface area contributed by atoms with Gasteiger partial charge in [-0.05, 0) is 37.1 Å². The zero-order valence-corrected chi connectivity index (χ0v) is 11.9. The molecule has 1 aromatic carbocycles. The van der Waals surface area contributed by atoms with Crippen LogP contribution in [0.1, 0.15) is 32.7 Å². The van der Waals surface area contributed by atoms with Crippen LogP contribution in [-0.2, 0) is 13.0 Å². The molecule has 0 spiro atoms. The van der Waals surface area contributed by atoms with Crippen molar-refractivity contribution in [2.75, 3.05) is 5.73 Å². The van der Waals surface area contributed by atoms with Gasteiger partial charge in [0, 0.05) is 22.3 Å². The van der Waals surface area contributed by atoms with Crippen LogP contribution in [0.3, 0.4) is 0 Å². The summed E-state index contributed by atoms with van der Waals surface area (Å²) < 4.78 is 0. The number of benzene rings is 1. The Morgan fingerprint density at radius 1 is 1.47 bits per heavy atom. The third-order valence-electron chi connectivity index (χ3n) is 2.85. The van der Waals surface area contributed by atoms with Gasteiger partial charge < -0.3 is 11.1 Å². The molecule has 3 N–H and O–H groups in total. The Hall–Kier alpha value is -1.88. The van der Waals surface area contributed by atoms with Crippen molar-refractivity contribution in [3.63, 3.8) is 0 Å². The molecule has 0 saturated heterocycles. The molecule has 0 saturated carbocycles. The first-order valence-electron chi connectivity index (χ1n) is 6.18. The highest BCUT2D eigenvalue weighted by atomic mass is 32.1. The van der Waals surface area contributed by atoms with Gasteiger partial charge in [0.25, 0.3) is 5.91 Å². The van der Waals surface area contributed by atoms with Gasteiger partial charge in [-0.25, -0.2) is 4.98 Å². The predicted octanol–water partition coefficient (Wildman–Crippen LogP) is 2.53. The van der Waals surface area contributed by atoms with Crippen LogP contribution in [0.25, 0.3) is 0 Å². The molecule has 1 aromatic heterocycles. The van der Waals surface area contributed by atoms with Crippen LogP contribution in [0.2, 0.25) is 0 Å². The highest BCUT2D eigenvalue weighted by Crippen LogP contribution is 2.15. The molecule has 0 aliphatic heterocycles. The SMILES string of the molecule is CCc1cnc(CNC(=O)c2ccc(N)cc2C)s1. The van der Waals surface area contributed by atoms with Crippen LogP contribution in [0.15, 0.2) is 24.4 Å². The Morgan fingerprint density at radius 2 is 2.26 bits per heavy atom. The number of nitrogens with two attached hydrogens (primary N) is 1. The summed E-state index contributed by atoms with van der Waals surface area (Å²) in [7, 11) is 0. The lowest BCUT2D eigenvalue weighted by atomic mass is 10.1. The van der Waals surface area contributed by atoms with Crippen molar-refractivity contribution in [3.8, 4) is 0 Å². The Balaban J connectivity index is 2.01. The minimum atomic E-state index is -0.0919. The van der Waals surface area contributed by atoms with Crippen LogP contribution in [0.4, 0.5) is 5.69 Å². The molecule has 1 amide bonds. The number of aryl methyl sites for hydroxylation is 2. The Morgan fingerprint density at radius 3 is 2.89 bits per heavy atom. The molecule has 0 aliphatic carbocycles. The number of carbonyl (C=O) groups is 1. The van der Waals surface area contributed by atoms with E-state index in [1.165, 1.54) is 4.88 Å². The van der Waals surface area contributed by atoms with E-state index in [4.69, 9.17) is 5.73 Å². The molecular weight excluding hydrogens is 258 g/mol. The Labute approximate surface area is 116 Å². The van der Waals surface area contributed by atoms with E-state index in [-0.39, 0.29) is 5.91 Å². The summed E-state index contributed by atoms with van der Waals surface area (Å²) in [5.74, 6) is -0.0919. The van der Waals surface area contributed by atoms with Crippen LogP contribution in [0, 0.1) is 6.92 Å². The number of carbonyl (C=O) groups excluding carboxylic acids is 1. The van der Waals surface area contributed by atoms with E-state index >= 15 is 0 Å². The minimum absolute atomic E-state index is 0.0919. The summed E-state index contributed by atoms with van der Waals surface area (Å²) in [4.78, 5) is 17.6. The molecule has 2 rings (SSSR count). The number of amides is 1. The molecule has 0 fully saturated rings. The maximum absolute atomic E-state index is 12.1. The topological polar surface area (TPSA) is 68.0 Å². The quantitative estimate of drug-likeness (QED) is 0.842. The van der Waals surface area contributed by atoms with Crippen molar-refractivity contribution in [1.82, 2.24) is 10.3 Å². The third kappa shape index (κ3) is 3.32. The molecule has 0 radical (unpaired) electrons. The molecule has 0 aliphatic rings. The fraction of sp³-hybridized carbons (Fsp3) is 0.286. The molecule has 5 heteroatoms. The first kappa shape index (κ1) is 13.5. The molecule has 0 bridgehead atoms. The van der Waals surface area contributed by atoms with E-state index in [1.54, 1.807) is 29.5 Å². The second kappa shape index (κ2) is 5.84. The van der Waals surface area contributed by atoms with Crippen LogP contribution in [0.5, 0.6) is 0 Å². The number of nitrogens with zero attached hydrogens (tertiary/aromatic N) is 1. The Kier molecular flexibility index (Phi) is 4.16. The van der Waals surface area contributed by atoms with Crippen molar-refractivity contribution in [1.29, 1.82) is 0 Å². The lowest BCUT2D eigenvalue weighted by Crippen LogP contribution is -2.23. The van der Waals surface area contributed by atoms with Crippen LogP contribution in [-0.4, -0.2) is 10.9 Å². The number of hydrogen-bond donors (Lipinski definition) is 2. The smallest absolute Gasteiger partial charge is 0.251 e. The van der Waals surface area contributed by atoms with Gasteiger partial charge in [0.2, 0.25) is 0 Å². The van der Waals surface area contributed by atoms with Gasteiger partial charge in [-0.2, -0.15) is 0 Å². The number of aromatic nitrogens is 1. The number of nitrogen functional groups attached to an aromatic ring is 1. The second-order valence-corrected chi connectivity index (χ2v) is 5.53. The zero-order valence-electron chi connectivity index (χ0n) is 11.1. The predicted molar refractivity (Wildman–Crippen MR) is 78.3 cm³/mol.